The zero-order valence-corrected chi connectivity index (χ0v) is 17.8. The molecule has 0 aliphatic carbocycles. The van der Waals surface area contributed by atoms with Gasteiger partial charge in [-0.3, -0.25) is 9.69 Å². The molecule has 1 fully saturated rings. The molecule has 1 aliphatic heterocycles. The van der Waals surface area contributed by atoms with E-state index in [-0.39, 0.29) is 11.9 Å². The van der Waals surface area contributed by atoms with E-state index in [1.807, 2.05) is 32.2 Å². The molecule has 2 aromatic carbocycles. The first-order valence-corrected chi connectivity index (χ1v) is 10.5. The van der Waals surface area contributed by atoms with Crippen LogP contribution in [0.3, 0.4) is 0 Å². The molecule has 0 spiro atoms. The highest BCUT2D eigenvalue weighted by Crippen LogP contribution is 2.23. The fourth-order valence-electron chi connectivity index (χ4n) is 3.66. The summed E-state index contributed by atoms with van der Waals surface area (Å²) in [5.74, 6) is 0.360. The highest BCUT2D eigenvalue weighted by molar-refractivity contribution is 5.81. The molecule has 29 heavy (non-hydrogen) atoms. The molecule has 1 heterocycles. The van der Waals surface area contributed by atoms with Crippen molar-refractivity contribution in [1.29, 1.82) is 0 Å². The molecule has 5 heteroatoms. The van der Waals surface area contributed by atoms with Crippen LogP contribution in [-0.2, 0) is 16.1 Å². The summed E-state index contributed by atoms with van der Waals surface area (Å²) in [4.78, 5) is 17.2. The number of ether oxygens (including phenoxy) is 1. The molecule has 0 saturated carbocycles. The lowest BCUT2D eigenvalue weighted by Crippen LogP contribution is -2.44. The zero-order chi connectivity index (χ0) is 20.6. The van der Waals surface area contributed by atoms with Gasteiger partial charge in [0.2, 0.25) is 5.91 Å². The summed E-state index contributed by atoms with van der Waals surface area (Å²) in [7, 11) is 2.01. The number of benzene rings is 2. The van der Waals surface area contributed by atoms with Gasteiger partial charge in [-0.2, -0.15) is 0 Å². The first-order valence-electron chi connectivity index (χ1n) is 10.5. The average Bonchev–Trinajstić information content (AvgIpc) is 2.78. The van der Waals surface area contributed by atoms with Crippen LogP contribution in [0.4, 0.5) is 5.69 Å². The fraction of sp³-hybridized carbons (Fsp3) is 0.458. The monoisotopic (exact) mass is 395 g/mol. The third-order valence-electron chi connectivity index (χ3n) is 5.75. The van der Waals surface area contributed by atoms with Crippen molar-refractivity contribution < 1.29 is 9.53 Å². The van der Waals surface area contributed by atoms with Gasteiger partial charge in [0.25, 0.3) is 0 Å². The number of nitrogens with zero attached hydrogens (tertiary/aromatic N) is 2. The molecule has 1 amide bonds. The Labute approximate surface area is 174 Å². The third kappa shape index (κ3) is 5.81. The van der Waals surface area contributed by atoms with Crippen molar-refractivity contribution in [2.45, 2.75) is 32.4 Å². The van der Waals surface area contributed by atoms with Crippen molar-refractivity contribution in [1.82, 2.24) is 10.2 Å². The van der Waals surface area contributed by atoms with Crippen molar-refractivity contribution in [3.8, 4) is 0 Å². The molecule has 5 nitrogen and oxygen atoms in total. The molecule has 1 aliphatic rings. The number of rotatable bonds is 8. The van der Waals surface area contributed by atoms with E-state index < -0.39 is 0 Å². The minimum Gasteiger partial charge on any atom is -0.378 e. The van der Waals surface area contributed by atoms with Crippen LogP contribution in [0.25, 0.3) is 0 Å². The second kappa shape index (κ2) is 10.4. The first-order chi connectivity index (χ1) is 14.1. The number of carbonyl (C=O) groups excluding carboxylic acids is 1. The maximum Gasteiger partial charge on any atom is 0.237 e. The standard InChI is InChI=1S/C24H33N3O2/c1-19(21-9-5-4-6-10-21)17-25-24(28)20(2)26(3)18-22-11-7-8-12-23(22)27-13-15-29-16-14-27/h4-12,19-20H,13-18H2,1-3H3,(H,25,28)/t19-,20-/m1/s1. The van der Waals surface area contributed by atoms with Crippen molar-refractivity contribution in [2.24, 2.45) is 0 Å². The maximum atomic E-state index is 12.7. The number of para-hydroxylation sites is 1. The van der Waals surface area contributed by atoms with Gasteiger partial charge in [0.15, 0.2) is 0 Å². The number of anilines is 1. The highest BCUT2D eigenvalue weighted by atomic mass is 16.5. The van der Waals surface area contributed by atoms with Crippen molar-refractivity contribution in [3.63, 3.8) is 0 Å². The lowest BCUT2D eigenvalue weighted by atomic mass is 10.0. The quantitative estimate of drug-likeness (QED) is 0.745. The number of hydrogen-bond donors (Lipinski definition) is 1. The van der Waals surface area contributed by atoms with E-state index in [2.05, 4.69) is 58.4 Å². The van der Waals surface area contributed by atoms with E-state index in [1.165, 1.54) is 16.8 Å². The van der Waals surface area contributed by atoms with E-state index in [9.17, 15) is 4.79 Å². The van der Waals surface area contributed by atoms with Crippen LogP contribution >= 0.6 is 0 Å². The molecule has 2 aromatic rings. The van der Waals surface area contributed by atoms with Crippen LogP contribution < -0.4 is 10.2 Å². The molecule has 156 valence electrons. The summed E-state index contributed by atoms with van der Waals surface area (Å²) >= 11 is 0. The van der Waals surface area contributed by atoms with Gasteiger partial charge < -0.3 is 15.0 Å². The largest absolute Gasteiger partial charge is 0.378 e. The summed E-state index contributed by atoms with van der Waals surface area (Å²) < 4.78 is 5.48. The molecule has 0 unspecified atom stereocenters. The summed E-state index contributed by atoms with van der Waals surface area (Å²) in [5, 5.41) is 3.12. The maximum absolute atomic E-state index is 12.7. The number of amides is 1. The SMILES string of the molecule is C[C@H](CNC(=O)[C@@H](C)N(C)Cc1ccccc1N1CCOCC1)c1ccccc1. The minimum absolute atomic E-state index is 0.0686. The molecule has 0 aromatic heterocycles. The number of hydrogen-bond acceptors (Lipinski definition) is 4. The number of carbonyl (C=O) groups is 1. The summed E-state index contributed by atoms with van der Waals surface area (Å²) in [6.07, 6.45) is 0. The molecule has 1 saturated heterocycles. The molecular weight excluding hydrogens is 362 g/mol. The number of nitrogens with one attached hydrogen (secondary N) is 1. The van der Waals surface area contributed by atoms with Crippen LogP contribution in [0.1, 0.15) is 30.9 Å². The van der Waals surface area contributed by atoms with Gasteiger partial charge in [-0.15, -0.1) is 0 Å². The second-order valence-electron chi connectivity index (χ2n) is 7.88. The Bertz CT molecular complexity index is 775. The number of morpholine rings is 1. The Morgan fingerprint density at radius 3 is 2.45 bits per heavy atom. The summed E-state index contributed by atoms with van der Waals surface area (Å²) in [6.45, 7) is 8.84. The Morgan fingerprint density at radius 2 is 1.72 bits per heavy atom. The summed E-state index contributed by atoms with van der Waals surface area (Å²) in [5.41, 5.74) is 3.73. The molecule has 3 rings (SSSR count). The second-order valence-corrected chi connectivity index (χ2v) is 7.88. The van der Waals surface area contributed by atoms with Crippen LogP contribution in [0.5, 0.6) is 0 Å². The Balaban J connectivity index is 1.56. The minimum atomic E-state index is -0.198. The zero-order valence-electron chi connectivity index (χ0n) is 17.8. The predicted octanol–water partition coefficient (Wildman–Crippen LogP) is 3.26. The lowest BCUT2D eigenvalue weighted by Gasteiger charge is -2.32. The Morgan fingerprint density at radius 1 is 1.07 bits per heavy atom. The van der Waals surface area contributed by atoms with Crippen LogP contribution in [0.15, 0.2) is 54.6 Å². The van der Waals surface area contributed by atoms with Gasteiger partial charge in [0.1, 0.15) is 0 Å². The highest BCUT2D eigenvalue weighted by Gasteiger charge is 2.21. The van der Waals surface area contributed by atoms with E-state index in [0.29, 0.717) is 12.5 Å². The van der Waals surface area contributed by atoms with Crippen molar-refractivity contribution >= 4 is 11.6 Å². The van der Waals surface area contributed by atoms with Gasteiger partial charge in [0.05, 0.1) is 19.3 Å². The fourth-order valence-corrected chi connectivity index (χ4v) is 3.66. The molecule has 1 N–H and O–H groups in total. The van der Waals surface area contributed by atoms with E-state index in [4.69, 9.17) is 4.74 Å². The molecule has 2 atom stereocenters. The van der Waals surface area contributed by atoms with Crippen molar-refractivity contribution in [2.75, 3.05) is 44.8 Å². The van der Waals surface area contributed by atoms with Crippen LogP contribution in [0, 0.1) is 0 Å². The smallest absolute Gasteiger partial charge is 0.237 e. The van der Waals surface area contributed by atoms with Crippen LogP contribution in [-0.4, -0.2) is 56.7 Å². The molecule has 0 bridgehead atoms. The first kappa shape index (κ1) is 21.3. The predicted molar refractivity (Wildman–Crippen MR) is 118 cm³/mol. The topological polar surface area (TPSA) is 44.8 Å². The van der Waals surface area contributed by atoms with Crippen LogP contribution in [0.2, 0.25) is 0 Å². The molecular formula is C24H33N3O2. The van der Waals surface area contributed by atoms with Gasteiger partial charge in [0, 0.05) is 31.9 Å². The van der Waals surface area contributed by atoms with E-state index >= 15 is 0 Å². The lowest BCUT2D eigenvalue weighted by molar-refractivity contribution is -0.125. The summed E-state index contributed by atoms with van der Waals surface area (Å²) in [6, 6.07) is 18.6. The van der Waals surface area contributed by atoms with E-state index in [1.54, 1.807) is 0 Å². The Hall–Kier alpha value is -2.37. The average molecular weight is 396 g/mol. The number of likely N-dealkylation sites (N-methyl/N-ethyl adjacent to an activating group) is 1. The normalized spacial score (nSPS) is 16.5. The van der Waals surface area contributed by atoms with Gasteiger partial charge in [-0.1, -0.05) is 55.5 Å². The molecule has 0 radical (unpaired) electrons. The van der Waals surface area contributed by atoms with Gasteiger partial charge >= 0.3 is 0 Å². The van der Waals surface area contributed by atoms with Gasteiger partial charge in [-0.05, 0) is 37.1 Å². The van der Waals surface area contributed by atoms with Crippen molar-refractivity contribution in [3.05, 3.63) is 65.7 Å². The van der Waals surface area contributed by atoms with Gasteiger partial charge in [-0.25, -0.2) is 0 Å². The third-order valence-corrected chi connectivity index (χ3v) is 5.75. The Kier molecular flexibility index (Phi) is 7.67. The van der Waals surface area contributed by atoms with E-state index in [0.717, 1.165) is 32.8 Å².